The van der Waals surface area contributed by atoms with E-state index in [0.717, 1.165) is 12.1 Å². The number of anilines is 3. The van der Waals surface area contributed by atoms with Crippen molar-refractivity contribution in [3.05, 3.63) is 77.9 Å². The lowest BCUT2D eigenvalue weighted by Gasteiger charge is -2.08. The van der Waals surface area contributed by atoms with Crippen LogP contribution in [0.1, 0.15) is 10.5 Å². The van der Waals surface area contributed by atoms with Crippen LogP contribution < -0.4 is 10.6 Å². The molecule has 0 saturated heterocycles. The summed E-state index contributed by atoms with van der Waals surface area (Å²) < 4.78 is 39.7. The summed E-state index contributed by atoms with van der Waals surface area (Å²) in [4.78, 5) is 20.0. The van der Waals surface area contributed by atoms with Crippen molar-refractivity contribution in [3.8, 4) is 0 Å². The molecule has 3 aromatic rings. The van der Waals surface area contributed by atoms with Gasteiger partial charge in [0.2, 0.25) is 5.95 Å². The van der Waals surface area contributed by atoms with Crippen LogP contribution in [0.4, 0.5) is 30.5 Å². The normalized spacial score (nSPS) is 10.4. The molecule has 0 aliphatic heterocycles. The quantitative estimate of drug-likeness (QED) is 0.753. The molecule has 0 bridgehead atoms. The fourth-order valence-corrected chi connectivity index (χ4v) is 2.00. The van der Waals surface area contributed by atoms with Gasteiger partial charge in [-0.3, -0.25) is 4.79 Å². The van der Waals surface area contributed by atoms with E-state index in [9.17, 15) is 18.0 Å². The molecule has 25 heavy (non-hydrogen) atoms. The number of rotatable bonds is 4. The second-order valence-electron chi connectivity index (χ2n) is 4.95. The fourth-order valence-electron chi connectivity index (χ4n) is 2.00. The first-order valence-electron chi connectivity index (χ1n) is 7.14. The minimum absolute atomic E-state index is 0.00666. The third-order valence-electron chi connectivity index (χ3n) is 3.19. The molecule has 0 fully saturated rings. The SMILES string of the molecule is O=C(Nc1ccccc1F)c1ccnc(Nc2ccc(F)c(F)c2)n1. The second-order valence-corrected chi connectivity index (χ2v) is 4.95. The summed E-state index contributed by atoms with van der Waals surface area (Å²) in [7, 11) is 0. The highest BCUT2D eigenvalue weighted by Gasteiger charge is 2.12. The van der Waals surface area contributed by atoms with Crippen molar-refractivity contribution in [2.24, 2.45) is 0 Å². The molecule has 0 radical (unpaired) electrons. The Labute approximate surface area is 140 Å². The Morgan fingerprint density at radius 1 is 0.920 bits per heavy atom. The van der Waals surface area contributed by atoms with E-state index in [1.165, 1.54) is 36.5 Å². The maximum Gasteiger partial charge on any atom is 0.274 e. The van der Waals surface area contributed by atoms with E-state index in [1.54, 1.807) is 6.07 Å². The summed E-state index contributed by atoms with van der Waals surface area (Å²) in [6.45, 7) is 0. The van der Waals surface area contributed by atoms with Gasteiger partial charge in [0.25, 0.3) is 5.91 Å². The third kappa shape index (κ3) is 3.92. The Morgan fingerprint density at radius 3 is 2.48 bits per heavy atom. The summed E-state index contributed by atoms with van der Waals surface area (Å²) in [6, 6.07) is 10.2. The molecule has 0 unspecified atom stereocenters. The molecule has 5 nitrogen and oxygen atoms in total. The Bertz CT molecular complexity index is 933. The van der Waals surface area contributed by atoms with Gasteiger partial charge in [-0.1, -0.05) is 12.1 Å². The molecule has 3 rings (SSSR count). The number of amides is 1. The molecule has 0 spiro atoms. The molecule has 0 atom stereocenters. The second kappa shape index (κ2) is 7.00. The number of hydrogen-bond donors (Lipinski definition) is 2. The molecule has 0 saturated carbocycles. The number of carbonyl (C=O) groups is 1. The summed E-state index contributed by atoms with van der Waals surface area (Å²) >= 11 is 0. The van der Waals surface area contributed by atoms with Crippen molar-refractivity contribution in [2.45, 2.75) is 0 Å². The van der Waals surface area contributed by atoms with Crippen molar-refractivity contribution in [1.29, 1.82) is 0 Å². The number of hydrogen-bond acceptors (Lipinski definition) is 4. The van der Waals surface area contributed by atoms with Gasteiger partial charge in [-0.25, -0.2) is 23.1 Å². The molecule has 2 aromatic carbocycles. The van der Waals surface area contributed by atoms with Crippen LogP contribution in [0, 0.1) is 17.5 Å². The number of para-hydroxylation sites is 1. The number of nitrogens with one attached hydrogen (secondary N) is 2. The zero-order valence-electron chi connectivity index (χ0n) is 12.6. The van der Waals surface area contributed by atoms with E-state index in [1.807, 2.05) is 0 Å². The lowest BCUT2D eigenvalue weighted by molar-refractivity contribution is 0.102. The Balaban J connectivity index is 1.77. The third-order valence-corrected chi connectivity index (χ3v) is 3.19. The Kier molecular flexibility index (Phi) is 4.60. The minimum Gasteiger partial charge on any atom is -0.324 e. The fraction of sp³-hybridized carbons (Fsp3) is 0. The Morgan fingerprint density at radius 2 is 1.72 bits per heavy atom. The van der Waals surface area contributed by atoms with Gasteiger partial charge < -0.3 is 10.6 Å². The molecule has 0 aliphatic rings. The first kappa shape index (κ1) is 16.4. The maximum atomic E-state index is 13.6. The van der Waals surface area contributed by atoms with Crippen LogP contribution in [0.15, 0.2) is 54.7 Å². The average Bonchev–Trinajstić information content (AvgIpc) is 2.60. The van der Waals surface area contributed by atoms with E-state index in [4.69, 9.17) is 0 Å². The molecule has 1 heterocycles. The predicted molar refractivity (Wildman–Crippen MR) is 86.0 cm³/mol. The van der Waals surface area contributed by atoms with Gasteiger partial charge in [-0.05, 0) is 30.3 Å². The molecular weight excluding hydrogens is 333 g/mol. The van der Waals surface area contributed by atoms with Crippen molar-refractivity contribution in [1.82, 2.24) is 9.97 Å². The van der Waals surface area contributed by atoms with Gasteiger partial charge in [-0.15, -0.1) is 0 Å². The van der Waals surface area contributed by atoms with Crippen LogP contribution >= 0.6 is 0 Å². The van der Waals surface area contributed by atoms with Crippen molar-refractivity contribution in [2.75, 3.05) is 10.6 Å². The number of benzene rings is 2. The van der Waals surface area contributed by atoms with Crippen LogP contribution in [0.25, 0.3) is 0 Å². The first-order chi connectivity index (χ1) is 12.0. The molecule has 126 valence electrons. The average molecular weight is 344 g/mol. The van der Waals surface area contributed by atoms with Crippen molar-refractivity contribution >= 4 is 23.2 Å². The summed E-state index contributed by atoms with van der Waals surface area (Å²) in [5.41, 5.74) is 0.204. The molecule has 1 amide bonds. The van der Waals surface area contributed by atoms with E-state index < -0.39 is 23.4 Å². The maximum absolute atomic E-state index is 13.6. The summed E-state index contributed by atoms with van der Waals surface area (Å²) in [5, 5.41) is 5.05. The summed E-state index contributed by atoms with van der Waals surface area (Å²) in [6.07, 6.45) is 1.31. The molecule has 0 aliphatic carbocycles. The van der Waals surface area contributed by atoms with Crippen LogP contribution in [-0.2, 0) is 0 Å². The van der Waals surface area contributed by atoms with Crippen LogP contribution in [0.5, 0.6) is 0 Å². The van der Waals surface area contributed by atoms with Crippen molar-refractivity contribution < 1.29 is 18.0 Å². The number of carbonyl (C=O) groups excluding carboxylic acids is 1. The van der Waals surface area contributed by atoms with E-state index in [0.29, 0.717) is 0 Å². The monoisotopic (exact) mass is 344 g/mol. The lowest BCUT2D eigenvalue weighted by atomic mass is 10.3. The Hall–Kier alpha value is -3.42. The van der Waals surface area contributed by atoms with E-state index in [-0.39, 0.29) is 23.0 Å². The van der Waals surface area contributed by atoms with Crippen LogP contribution in [0.3, 0.4) is 0 Å². The van der Waals surface area contributed by atoms with E-state index >= 15 is 0 Å². The molecule has 1 aromatic heterocycles. The van der Waals surface area contributed by atoms with E-state index in [2.05, 4.69) is 20.6 Å². The topological polar surface area (TPSA) is 66.9 Å². The van der Waals surface area contributed by atoms with Crippen molar-refractivity contribution in [3.63, 3.8) is 0 Å². The zero-order valence-corrected chi connectivity index (χ0v) is 12.6. The summed E-state index contributed by atoms with van der Waals surface area (Å²) in [5.74, 6) is -3.22. The number of aromatic nitrogens is 2. The van der Waals surface area contributed by atoms with Gasteiger partial charge in [0.1, 0.15) is 11.5 Å². The largest absolute Gasteiger partial charge is 0.324 e. The predicted octanol–water partition coefficient (Wildman–Crippen LogP) is 3.89. The highest BCUT2D eigenvalue weighted by Crippen LogP contribution is 2.17. The number of halogens is 3. The highest BCUT2D eigenvalue weighted by atomic mass is 19.2. The smallest absolute Gasteiger partial charge is 0.274 e. The van der Waals surface area contributed by atoms with Gasteiger partial charge in [-0.2, -0.15) is 0 Å². The molecule has 2 N–H and O–H groups in total. The van der Waals surface area contributed by atoms with Gasteiger partial charge >= 0.3 is 0 Å². The highest BCUT2D eigenvalue weighted by molar-refractivity contribution is 6.03. The standard InChI is InChI=1S/C17H11F3N4O/c18-11-6-5-10(9-13(11)20)22-17-21-8-7-15(24-17)16(25)23-14-4-2-1-3-12(14)19/h1-9H,(H,23,25)(H,21,22,24). The first-order valence-corrected chi connectivity index (χ1v) is 7.14. The molecular formula is C17H11F3N4O. The van der Waals surface area contributed by atoms with Crippen LogP contribution in [-0.4, -0.2) is 15.9 Å². The minimum atomic E-state index is -1.03. The number of nitrogens with zero attached hydrogens (tertiary/aromatic N) is 2. The lowest BCUT2D eigenvalue weighted by Crippen LogP contribution is -2.15. The van der Waals surface area contributed by atoms with Gasteiger partial charge in [0, 0.05) is 18.0 Å². The zero-order chi connectivity index (χ0) is 17.8. The van der Waals surface area contributed by atoms with Gasteiger partial charge in [0.05, 0.1) is 5.69 Å². The molecule has 8 heteroatoms. The van der Waals surface area contributed by atoms with Gasteiger partial charge in [0.15, 0.2) is 11.6 Å². The van der Waals surface area contributed by atoms with Crippen LogP contribution in [0.2, 0.25) is 0 Å².